The van der Waals surface area contributed by atoms with Crippen molar-refractivity contribution in [3.63, 3.8) is 0 Å². The van der Waals surface area contributed by atoms with E-state index in [0.717, 1.165) is 17.1 Å². The smallest absolute Gasteiger partial charge is 0.0467 e. The van der Waals surface area contributed by atoms with Crippen molar-refractivity contribution in [1.29, 1.82) is 0 Å². The van der Waals surface area contributed by atoms with Gasteiger partial charge in [-0.1, -0.05) is 153 Å². The van der Waals surface area contributed by atoms with Gasteiger partial charge in [0.25, 0.3) is 0 Å². The molecule has 1 heteroatoms. The van der Waals surface area contributed by atoms with E-state index >= 15 is 0 Å². The molecular formula is C49H37N. The molecule has 0 saturated heterocycles. The molecule has 0 amide bonds. The Hall–Kier alpha value is -6.18. The van der Waals surface area contributed by atoms with Gasteiger partial charge in [-0.25, -0.2) is 0 Å². The highest BCUT2D eigenvalue weighted by Crippen LogP contribution is 2.49. The molecule has 1 aliphatic rings. The van der Waals surface area contributed by atoms with E-state index in [4.69, 9.17) is 0 Å². The Morgan fingerprint density at radius 3 is 1.60 bits per heavy atom. The minimum Gasteiger partial charge on any atom is -0.310 e. The summed E-state index contributed by atoms with van der Waals surface area (Å²) in [6, 6.07) is 68.6. The summed E-state index contributed by atoms with van der Waals surface area (Å²) in [6.07, 6.45) is 0. The molecule has 238 valence electrons. The quantitative estimate of drug-likeness (QED) is 0.175. The van der Waals surface area contributed by atoms with Crippen LogP contribution in [0.1, 0.15) is 25.0 Å². The zero-order chi connectivity index (χ0) is 33.7. The van der Waals surface area contributed by atoms with Crippen LogP contribution in [-0.2, 0) is 5.41 Å². The number of fused-ring (bicyclic) bond motifs is 4. The van der Waals surface area contributed by atoms with Gasteiger partial charge < -0.3 is 4.90 Å². The van der Waals surface area contributed by atoms with Gasteiger partial charge in [0.05, 0.1) is 0 Å². The van der Waals surface area contributed by atoms with Gasteiger partial charge in [-0.15, -0.1) is 0 Å². The third-order valence-corrected chi connectivity index (χ3v) is 10.5. The lowest BCUT2D eigenvalue weighted by Gasteiger charge is -2.26. The van der Waals surface area contributed by atoms with Crippen LogP contribution >= 0.6 is 0 Å². The first kappa shape index (κ1) is 29.9. The summed E-state index contributed by atoms with van der Waals surface area (Å²) in [5, 5.41) is 2.50. The summed E-state index contributed by atoms with van der Waals surface area (Å²) in [4.78, 5) is 2.37. The zero-order valence-electron chi connectivity index (χ0n) is 28.3. The van der Waals surface area contributed by atoms with Crippen molar-refractivity contribution in [2.45, 2.75) is 19.3 Å². The molecule has 9 rings (SSSR count). The maximum atomic E-state index is 2.40. The third kappa shape index (κ3) is 5.19. The molecule has 0 N–H and O–H groups in total. The normalized spacial score (nSPS) is 12.8. The first-order valence-corrected chi connectivity index (χ1v) is 17.4. The van der Waals surface area contributed by atoms with E-state index < -0.39 is 0 Å². The summed E-state index contributed by atoms with van der Waals surface area (Å²) in [6.45, 7) is 4.69. The van der Waals surface area contributed by atoms with Crippen LogP contribution in [0.4, 0.5) is 17.1 Å². The van der Waals surface area contributed by atoms with Crippen molar-refractivity contribution < 1.29 is 0 Å². The van der Waals surface area contributed by atoms with Gasteiger partial charge >= 0.3 is 0 Å². The Bertz CT molecular complexity index is 2490. The van der Waals surface area contributed by atoms with Crippen LogP contribution in [0.15, 0.2) is 188 Å². The summed E-state index contributed by atoms with van der Waals surface area (Å²) >= 11 is 0. The maximum absolute atomic E-state index is 2.40. The highest BCUT2D eigenvalue weighted by atomic mass is 15.1. The Balaban J connectivity index is 1.11. The predicted molar refractivity (Wildman–Crippen MR) is 213 cm³/mol. The lowest BCUT2D eigenvalue weighted by molar-refractivity contribution is 0.660. The van der Waals surface area contributed by atoms with Gasteiger partial charge in [-0.05, 0) is 115 Å². The standard InChI is InChI=1S/C49H37N/c1-49(2)47-18-9-8-17-45(47)46-30-25-41(33-48(46)49)37-23-28-43(29-24-37)50(42-26-21-36(22-27-42)34-11-4-3-5-12-34)44-16-10-15-39(32-44)40-20-19-35-13-6-7-14-38(35)31-40/h3-33H,1-2H3. The first-order valence-electron chi connectivity index (χ1n) is 17.4. The van der Waals surface area contributed by atoms with Crippen molar-refractivity contribution >= 4 is 27.8 Å². The number of hydrogen-bond acceptors (Lipinski definition) is 1. The van der Waals surface area contributed by atoms with Crippen molar-refractivity contribution in [2.24, 2.45) is 0 Å². The second-order valence-corrected chi connectivity index (χ2v) is 13.8. The molecule has 1 nitrogen and oxygen atoms in total. The molecule has 0 aliphatic heterocycles. The Morgan fingerprint density at radius 1 is 0.320 bits per heavy atom. The molecule has 50 heavy (non-hydrogen) atoms. The average molecular weight is 640 g/mol. The fourth-order valence-electron chi connectivity index (χ4n) is 7.76. The first-order chi connectivity index (χ1) is 24.5. The van der Waals surface area contributed by atoms with Crippen LogP contribution in [0.2, 0.25) is 0 Å². The summed E-state index contributed by atoms with van der Waals surface area (Å²) < 4.78 is 0. The van der Waals surface area contributed by atoms with E-state index in [9.17, 15) is 0 Å². The second kappa shape index (κ2) is 12.1. The minimum absolute atomic E-state index is 0.0271. The summed E-state index contributed by atoms with van der Waals surface area (Å²) in [7, 11) is 0. The molecule has 1 aliphatic carbocycles. The Labute approximate surface area is 294 Å². The highest BCUT2D eigenvalue weighted by Gasteiger charge is 2.35. The van der Waals surface area contributed by atoms with Crippen molar-refractivity contribution in [2.75, 3.05) is 4.90 Å². The highest BCUT2D eigenvalue weighted by molar-refractivity contribution is 5.89. The molecule has 0 heterocycles. The van der Waals surface area contributed by atoms with Gasteiger partial charge in [0.1, 0.15) is 0 Å². The maximum Gasteiger partial charge on any atom is 0.0467 e. The van der Waals surface area contributed by atoms with E-state index in [1.165, 1.54) is 66.4 Å². The summed E-state index contributed by atoms with van der Waals surface area (Å²) in [5.74, 6) is 0. The van der Waals surface area contributed by atoms with E-state index in [2.05, 4.69) is 207 Å². The van der Waals surface area contributed by atoms with Crippen molar-refractivity contribution in [3.8, 4) is 44.5 Å². The number of hydrogen-bond donors (Lipinski definition) is 0. The third-order valence-electron chi connectivity index (χ3n) is 10.5. The van der Waals surface area contributed by atoms with Gasteiger partial charge in [0.2, 0.25) is 0 Å². The molecular weight excluding hydrogens is 603 g/mol. The van der Waals surface area contributed by atoms with Crippen LogP contribution in [-0.4, -0.2) is 0 Å². The zero-order valence-corrected chi connectivity index (χ0v) is 28.3. The molecule has 8 aromatic carbocycles. The molecule has 0 radical (unpaired) electrons. The van der Waals surface area contributed by atoms with E-state index in [0.29, 0.717) is 0 Å². The monoisotopic (exact) mass is 639 g/mol. The van der Waals surface area contributed by atoms with E-state index in [1.54, 1.807) is 0 Å². The van der Waals surface area contributed by atoms with Gasteiger partial charge in [0, 0.05) is 22.5 Å². The molecule has 0 fully saturated rings. The minimum atomic E-state index is -0.0271. The van der Waals surface area contributed by atoms with Crippen molar-refractivity contribution in [1.82, 2.24) is 0 Å². The number of nitrogens with zero attached hydrogens (tertiary/aromatic N) is 1. The SMILES string of the molecule is CC1(C)c2ccccc2-c2ccc(-c3ccc(N(c4ccc(-c5ccccc5)cc4)c4cccc(-c5ccc6ccccc6c5)c4)cc3)cc21. The van der Waals surface area contributed by atoms with Crippen LogP contribution in [0, 0.1) is 0 Å². The van der Waals surface area contributed by atoms with Crippen LogP contribution in [0.5, 0.6) is 0 Å². The molecule has 0 saturated carbocycles. The van der Waals surface area contributed by atoms with Crippen molar-refractivity contribution in [3.05, 3.63) is 199 Å². The Morgan fingerprint density at radius 2 is 0.840 bits per heavy atom. The number of anilines is 3. The van der Waals surface area contributed by atoms with Crippen LogP contribution in [0.3, 0.4) is 0 Å². The molecule has 0 spiro atoms. The number of benzene rings is 8. The van der Waals surface area contributed by atoms with Gasteiger partial charge in [0.15, 0.2) is 0 Å². The molecule has 0 bridgehead atoms. The Kier molecular flexibility index (Phi) is 7.21. The van der Waals surface area contributed by atoms with E-state index in [-0.39, 0.29) is 5.41 Å². The molecule has 0 atom stereocenters. The van der Waals surface area contributed by atoms with Gasteiger partial charge in [-0.2, -0.15) is 0 Å². The van der Waals surface area contributed by atoms with Gasteiger partial charge in [-0.3, -0.25) is 0 Å². The van der Waals surface area contributed by atoms with Crippen LogP contribution < -0.4 is 4.90 Å². The van der Waals surface area contributed by atoms with Crippen LogP contribution in [0.25, 0.3) is 55.3 Å². The lowest BCUT2D eigenvalue weighted by Crippen LogP contribution is -2.14. The second-order valence-electron chi connectivity index (χ2n) is 13.8. The summed E-state index contributed by atoms with van der Waals surface area (Å²) in [5.41, 5.74) is 16.1. The fraction of sp³-hybridized carbons (Fsp3) is 0.0612. The van der Waals surface area contributed by atoms with E-state index in [1.807, 2.05) is 0 Å². The topological polar surface area (TPSA) is 3.24 Å². The fourth-order valence-corrected chi connectivity index (χ4v) is 7.76. The molecule has 0 unspecified atom stereocenters. The number of rotatable bonds is 6. The molecule has 8 aromatic rings. The predicted octanol–water partition coefficient (Wildman–Crippen LogP) is 13.6. The average Bonchev–Trinajstić information content (AvgIpc) is 3.41. The lowest BCUT2D eigenvalue weighted by atomic mass is 9.81. The molecule has 0 aromatic heterocycles. The largest absolute Gasteiger partial charge is 0.310 e.